The lowest BCUT2D eigenvalue weighted by molar-refractivity contribution is -0.117. The molecule has 0 radical (unpaired) electrons. The molecule has 7 heteroatoms. The van der Waals surface area contributed by atoms with Crippen LogP contribution in [-0.4, -0.2) is 10.9 Å². The third-order valence-corrected chi connectivity index (χ3v) is 6.45. The number of hydrogen-bond acceptors (Lipinski definition) is 2. The number of amides is 1. The molecule has 5 aromatic rings. The first-order chi connectivity index (χ1) is 17.9. The Bertz CT molecular complexity index is 1590. The monoisotopic (exact) mass is 516 g/mol. The van der Waals surface area contributed by atoms with E-state index in [1.54, 1.807) is 54.7 Å². The zero-order chi connectivity index (χ0) is 25.9. The van der Waals surface area contributed by atoms with Gasteiger partial charge in [0.05, 0.1) is 11.4 Å². The van der Waals surface area contributed by atoms with E-state index >= 15 is 0 Å². The molecule has 1 N–H and O–H groups in total. The van der Waals surface area contributed by atoms with E-state index in [1.165, 1.54) is 24.3 Å². The first-order valence-electron chi connectivity index (χ1n) is 11.5. The number of carbonyl (C=O) groups is 1. The highest BCUT2D eigenvalue weighted by Gasteiger charge is 2.23. The van der Waals surface area contributed by atoms with Crippen molar-refractivity contribution in [1.82, 2.24) is 4.98 Å². The molecule has 4 aromatic carbocycles. The Hall–Kier alpha value is -4.16. The smallest absolute Gasteiger partial charge is 0.232 e. The van der Waals surface area contributed by atoms with Gasteiger partial charge in [0, 0.05) is 28.4 Å². The molecular formula is C30H20ClF3N2O. The average Bonchev–Trinajstić information content (AvgIpc) is 2.89. The summed E-state index contributed by atoms with van der Waals surface area (Å²) in [6, 6.07) is 23.4. The predicted molar refractivity (Wildman–Crippen MR) is 140 cm³/mol. The van der Waals surface area contributed by atoms with Gasteiger partial charge in [0.25, 0.3) is 0 Å². The Morgan fingerprint density at radius 2 is 1.54 bits per heavy atom. The maximum Gasteiger partial charge on any atom is 0.232 e. The molecule has 0 aliphatic rings. The third-order valence-electron chi connectivity index (χ3n) is 6.20. The van der Waals surface area contributed by atoms with Crippen molar-refractivity contribution in [3.05, 3.63) is 131 Å². The first kappa shape index (κ1) is 24.5. The zero-order valence-electron chi connectivity index (χ0n) is 19.4. The summed E-state index contributed by atoms with van der Waals surface area (Å²) in [6.45, 7) is 0. The number of aromatic nitrogens is 1. The summed E-state index contributed by atoms with van der Waals surface area (Å²) in [6.07, 6.45) is 1.68. The van der Waals surface area contributed by atoms with Crippen LogP contribution in [0.2, 0.25) is 5.02 Å². The highest BCUT2D eigenvalue weighted by atomic mass is 35.5. The fourth-order valence-corrected chi connectivity index (χ4v) is 4.42. The number of fused-ring (bicyclic) bond motifs is 1. The fourth-order valence-electron chi connectivity index (χ4n) is 4.30. The maximum absolute atomic E-state index is 14.5. The van der Waals surface area contributed by atoms with Gasteiger partial charge in [0.2, 0.25) is 5.91 Å². The highest BCUT2D eigenvalue weighted by Crippen LogP contribution is 2.31. The number of nitrogens with one attached hydrogen (secondary N) is 1. The summed E-state index contributed by atoms with van der Waals surface area (Å²) < 4.78 is 41.9. The number of carbonyl (C=O) groups excluding carboxylic acids is 1. The van der Waals surface area contributed by atoms with Crippen LogP contribution in [0.15, 0.2) is 97.2 Å². The van der Waals surface area contributed by atoms with Crippen LogP contribution in [0.25, 0.3) is 22.0 Å². The van der Waals surface area contributed by atoms with Gasteiger partial charge in [-0.05, 0) is 83.3 Å². The van der Waals surface area contributed by atoms with Crippen molar-refractivity contribution in [1.29, 1.82) is 0 Å². The molecule has 1 amide bonds. The topological polar surface area (TPSA) is 42.0 Å². The molecule has 0 saturated carbocycles. The van der Waals surface area contributed by atoms with Gasteiger partial charge in [-0.3, -0.25) is 9.78 Å². The van der Waals surface area contributed by atoms with E-state index in [0.29, 0.717) is 27.2 Å². The van der Waals surface area contributed by atoms with Crippen molar-refractivity contribution in [2.75, 3.05) is 5.32 Å². The van der Waals surface area contributed by atoms with E-state index in [4.69, 9.17) is 11.6 Å². The molecule has 1 atom stereocenters. The van der Waals surface area contributed by atoms with Crippen molar-refractivity contribution in [2.24, 2.45) is 0 Å². The van der Waals surface area contributed by atoms with E-state index < -0.39 is 17.6 Å². The third kappa shape index (κ3) is 5.49. The van der Waals surface area contributed by atoms with E-state index in [9.17, 15) is 18.0 Å². The molecule has 0 aliphatic heterocycles. The molecule has 0 unspecified atom stereocenters. The summed E-state index contributed by atoms with van der Waals surface area (Å²) in [5.41, 5.74) is 3.67. The quantitative estimate of drug-likeness (QED) is 0.249. The van der Waals surface area contributed by atoms with Gasteiger partial charge in [-0.2, -0.15) is 0 Å². The van der Waals surface area contributed by atoms with E-state index in [2.05, 4.69) is 10.3 Å². The molecular weight excluding hydrogens is 497 g/mol. The number of pyridine rings is 1. The predicted octanol–water partition coefficient (Wildman–Crippen LogP) is 7.94. The highest BCUT2D eigenvalue weighted by molar-refractivity contribution is 6.30. The molecule has 0 bridgehead atoms. The SMILES string of the molecule is O=C(Nc1ccc(Cl)cc1)[C@H](Cc1ccc(F)cc1F)c1ccc(-c2ccnc3ccc(F)cc23)cc1. The molecule has 3 nitrogen and oxygen atoms in total. The van der Waals surface area contributed by atoms with Gasteiger partial charge in [0.15, 0.2) is 0 Å². The lowest BCUT2D eigenvalue weighted by Crippen LogP contribution is -2.23. The Kier molecular flexibility index (Phi) is 6.93. The Balaban J connectivity index is 1.50. The Morgan fingerprint density at radius 3 is 2.27 bits per heavy atom. The Labute approximate surface area is 216 Å². The summed E-state index contributed by atoms with van der Waals surface area (Å²) in [5.74, 6) is -2.88. The molecule has 0 spiro atoms. The number of halogens is 4. The Morgan fingerprint density at radius 1 is 0.838 bits per heavy atom. The standard InChI is InChI=1S/C30H20ClF3N2O/c31-21-6-10-24(11-7-21)36-30(37)26(15-20-5-8-23(33)17-28(20)34)19-3-1-18(2-4-19)25-13-14-35-29-12-9-22(32)16-27(25)29/h1-14,16-17,26H,15H2,(H,36,37)/t26-/m1/s1. The van der Waals surface area contributed by atoms with Crippen LogP contribution < -0.4 is 5.32 Å². The molecule has 184 valence electrons. The van der Waals surface area contributed by atoms with Gasteiger partial charge >= 0.3 is 0 Å². The number of rotatable bonds is 6. The van der Waals surface area contributed by atoms with E-state index in [-0.39, 0.29) is 23.7 Å². The van der Waals surface area contributed by atoms with Gasteiger partial charge in [-0.1, -0.05) is 41.9 Å². The lowest BCUT2D eigenvalue weighted by Gasteiger charge is -2.19. The molecule has 0 fully saturated rings. The van der Waals surface area contributed by atoms with Crippen LogP contribution in [0.3, 0.4) is 0 Å². The van der Waals surface area contributed by atoms with Crippen molar-refractivity contribution in [3.63, 3.8) is 0 Å². The lowest BCUT2D eigenvalue weighted by atomic mass is 9.89. The summed E-state index contributed by atoms with van der Waals surface area (Å²) in [7, 11) is 0. The van der Waals surface area contributed by atoms with Crippen molar-refractivity contribution >= 4 is 34.1 Å². The second-order valence-electron chi connectivity index (χ2n) is 8.63. The minimum atomic E-state index is -0.767. The molecule has 0 saturated heterocycles. The molecule has 37 heavy (non-hydrogen) atoms. The van der Waals surface area contributed by atoms with E-state index in [1.807, 2.05) is 12.1 Å². The van der Waals surface area contributed by atoms with Crippen molar-refractivity contribution in [3.8, 4) is 11.1 Å². The second kappa shape index (κ2) is 10.4. The van der Waals surface area contributed by atoms with Crippen LogP contribution in [0, 0.1) is 17.5 Å². The van der Waals surface area contributed by atoms with E-state index in [0.717, 1.165) is 17.2 Å². The number of anilines is 1. The molecule has 5 rings (SSSR count). The minimum Gasteiger partial charge on any atom is -0.326 e. The van der Waals surface area contributed by atoms with Crippen LogP contribution in [0.1, 0.15) is 17.0 Å². The van der Waals surface area contributed by atoms with Crippen molar-refractivity contribution in [2.45, 2.75) is 12.3 Å². The normalized spacial score (nSPS) is 11.9. The largest absolute Gasteiger partial charge is 0.326 e. The van der Waals surface area contributed by atoms with Crippen molar-refractivity contribution < 1.29 is 18.0 Å². The van der Waals surface area contributed by atoms with Crippen LogP contribution in [0.4, 0.5) is 18.9 Å². The second-order valence-corrected chi connectivity index (χ2v) is 9.07. The van der Waals surface area contributed by atoms with Gasteiger partial charge in [0.1, 0.15) is 17.5 Å². The summed E-state index contributed by atoms with van der Waals surface area (Å²) in [4.78, 5) is 17.7. The van der Waals surface area contributed by atoms with Crippen LogP contribution in [0.5, 0.6) is 0 Å². The molecule has 0 aliphatic carbocycles. The number of benzene rings is 4. The first-order valence-corrected chi connectivity index (χ1v) is 11.9. The van der Waals surface area contributed by atoms with Gasteiger partial charge < -0.3 is 5.32 Å². The zero-order valence-corrected chi connectivity index (χ0v) is 20.1. The van der Waals surface area contributed by atoms with Gasteiger partial charge in [-0.25, -0.2) is 13.2 Å². The maximum atomic E-state index is 14.5. The number of nitrogens with zero attached hydrogens (tertiary/aromatic N) is 1. The molecule has 1 aromatic heterocycles. The fraction of sp³-hybridized carbons (Fsp3) is 0.0667. The minimum absolute atomic E-state index is 0.0221. The summed E-state index contributed by atoms with van der Waals surface area (Å²) in [5, 5.41) is 4.05. The summed E-state index contributed by atoms with van der Waals surface area (Å²) >= 11 is 5.94. The number of hydrogen-bond donors (Lipinski definition) is 1. The molecule has 1 heterocycles. The van der Waals surface area contributed by atoms with Crippen LogP contribution >= 0.6 is 11.6 Å². The van der Waals surface area contributed by atoms with Gasteiger partial charge in [-0.15, -0.1) is 0 Å². The average molecular weight is 517 g/mol. The van der Waals surface area contributed by atoms with Crippen LogP contribution in [-0.2, 0) is 11.2 Å².